The lowest BCUT2D eigenvalue weighted by Gasteiger charge is -2.06. The van der Waals surface area contributed by atoms with Crippen LogP contribution in [-0.4, -0.2) is 18.5 Å². The average molecular weight is 369 g/mol. The van der Waals surface area contributed by atoms with Gasteiger partial charge in [0.25, 0.3) is 0 Å². The molecule has 6 heteroatoms. The molecule has 2 aromatic heterocycles. The van der Waals surface area contributed by atoms with Gasteiger partial charge in [-0.25, -0.2) is 4.79 Å². The first kappa shape index (κ1) is 17.9. The summed E-state index contributed by atoms with van der Waals surface area (Å²) in [5.41, 5.74) is 0.404. The van der Waals surface area contributed by atoms with Gasteiger partial charge in [-0.05, 0) is 30.7 Å². The van der Waals surface area contributed by atoms with Crippen molar-refractivity contribution < 1.29 is 18.7 Å². The Hall–Kier alpha value is -2.86. The molecule has 0 aliphatic rings. The Kier molecular flexibility index (Phi) is 5.86. The van der Waals surface area contributed by atoms with Gasteiger partial charge in [0, 0.05) is 16.2 Å². The molecule has 1 aromatic carbocycles. The number of thiophene rings is 1. The van der Waals surface area contributed by atoms with Gasteiger partial charge in [-0.2, -0.15) is 0 Å². The third-order valence-corrected chi connectivity index (χ3v) is 4.80. The maximum atomic E-state index is 12.5. The molecule has 0 saturated heterocycles. The molecule has 3 rings (SSSR count). The summed E-state index contributed by atoms with van der Waals surface area (Å²) in [4.78, 5) is 24.8. The number of anilines is 1. The Bertz CT molecular complexity index is 925. The van der Waals surface area contributed by atoms with Crippen LogP contribution in [0.3, 0.4) is 0 Å². The highest BCUT2D eigenvalue weighted by atomic mass is 32.1. The molecule has 3 aromatic rings. The Balaban J connectivity index is 1.83. The van der Waals surface area contributed by atoms with Crippen molar-refractivity contribution in [3.8, 4) is 0 Å². The zero-order valence-corrected chi connectivity index (χ0v) is 15.2. The third kappa shape index (κ3) is 4.21. The molecule has 0 bridgehead atoms. The number of amides is 1. The van der Waals surface area contributed by atoms with Gasteiger partial charge >= 0.3 is 5.97 Å². The number of hydrogen-bond donors (Lipinski definition) is 1. The fourth-order valence-corrected chi connectivity index (χ4v) is 3.51. The Labute approximate surface area is 155 Å². The summed E-state index contributed by atoms with van der Waals surface area (Å²) in [6.45, 7) is 2.40. The van der Waals surface area contributed by atoms with E-state index in [1.54, 1.807) is 18.2 Å². The normalized spacial score (nSPS) is 11.1. The van der Waals surface area contributed by atoms with Gasteiger partial charge < -0.3 is 14.5 Å². The number of nitrogens with one attached hydrogen (secondary N) is 1. The predicted octanol–water partition coefficient (Wildman–Crippen LogP) is 5.10. The van der Waals surface area contributed by atoms with E-state index < -0.39 is 5.97 Å². The predicted molar refractivity (Wildman–Crippen MR) is 103 cm³/mol. The van der Waals surface area contributed by atoms with Crippen LogP contribution in [0, 0.1) is 0 Å². The van der Waals surface area contributed by atoms with Crippen molar-refractivity contribution in [2.45, 2.75) is 19.8 Å². The smallest absolute Gasteiger partial charge is 0.341 e. The molecule has 0 unspecified atom stereocenters. The van der Waals surface area contributed by atoms with E-state index in [0.29, 0.717) is 22.9 Å². The van der Waals surface area contributed by atoms with Gasteiger partial charge in [-0.3, -0.25) is 4.79 Å². The second-order valence-corrected chi connectivity index (χ2v) is 6.68. The number of fused-ring (bicyclic) bond motifs is 1. The van der Waals surface area contributed by atoms with Crippen LogP contribution in [0.2, 0.25) is 0 Å². The lowest BCUT2D eigenvalue weighted by Crippen LogP contribution is -2.12. The minimum atomic E-state index is -0.416. The number of hydrogen-bond acceptors (Lipinski definition) is 5. The van der Waals surface area contributed by atoms with E-state index in [4.69, 9.17) is 9.15 Å². The first-order valence-corrected chi connectivity index (χ1v) is 9.22. The van der Waals surface area contributed by atoms with Gasteiger partial charge in [0.1, 0.15) is 16.3 Å². The van der Waals surface area contributed by atoms with Gasteiger partial charge in [-0.1, -0.05) is 31.5 Å². The molecule has 26 heavy (non-hydrogen) atoms. The average Bonchev–Trinajstić information content (AvgIpc) is 3.27. The van der Waals surface area contributed by atoms with Gasteiger partial charge in [0.2, 0.25) is 5.91 Å². The molecule has 0 aliphatic carbocycles. The van der Waals surface area contributed by atoms with Crippen LogP contribution >= 0.6 is 11.3 Å². The van der Waals surface area contributed by atoms with E-state index in [2.05, 4.69) is 5.32 Å². The number of benzene rings is 1. The highest BCUT2D eigenvalue weighted by molar-refractivity contribution is 7.23. The number of ether oxygens (including phenoxy) is 1. The van der Waals surface area contributed by atoms with E-state index in [0.717, 1.165) is 22.9 Å². The summed E-state index contributed by atoms with van der Waals surface area (Å²) < 4.78 is 11.4. The number of unbranched alkanes of at least 4 members (excludes halogenated alkanes) is 1. The maximum absolute atomic E-state index is 12.5. The Morgan fingerprint density at radius 3 is 2.85 bits per heavy atom. The summed E-state index contributed by atoms with van der Waals surface area (Å²) in [5, 5.41) is 4.05. The molecule has 1 amide bonds. The van der Waals surface area contributed by atoms with E-state index >= 15 is 0 Å². The number of carbonyl (C=O) groups excluding carboxylic acids is 2. The SMILES string of the molecule is CCCCOC(=O)c1c(NC(=O)/C=C/c2ccco2)sc2ccccc12. The molecule has 134 valence electrons. The van der Waals surface area contributed by atoms with Gasteiger partial charge in [0.15, 0.2) is 0 Å². The molecule has 0 aliphatic heterocycles. The number of furan rings is 1. The first-order chi connectivity index (χ1) is 12.7. The van der Waals surface area contributed by atoms with Crippen LogP contribution in [0.1, 0.15) is 35.9 Å². The third-order valence-electron chi connectivity index (χ3n) is 3.71. The number of carbonyl (C=O) groups is 2. The molecule has 5 nitrogen and oxygen atoms in total. The van der Waals surface area contributed by atoms with Crippen LogP contribution in [0.4, 0.5) is 5.00 Å². The van der Waals surface area contributed by atoms with Crippen molar-refractivity contribution in [2.24, 2.45) is 0 Å². The van der Waals surface area contributed by atoms with Crippen molar-refractivity contribution in [2.75, 3.05) is 11.9 Å². The summed E-state index contributed by atoms with van der Waals surface area (Å²) in [6.07, 6.45) is 6.23. The Morgan fingerprint density at radius 2 is 2.08 bits per heavy atom. The van der Waals surface area contributed by atoms with Crippen LogP contribution in [0.5, 0.6) is 0 Å². The monoisotopic (exact) mass is 369 g/mol. The molecule has 0 atom stereocenters. The van der Waals surface area contributed by atoms with E-state index in [1.165, 1.54) is 23.7 Å². The first-order valence-electron chi connectivity index (χ1n) is 8.40. The van der Waals surface area contributed by atoms with Gasteiger partial charge in [-0.15, -0.1) is 11.3 Å². The summed E-state index contributed by atoms with van der Waals surface area (Å²) in [6, 6.07) is 11.0. The van der Waals surface area contributed by atoms with Crippen LogP contribution in [-0.2, 0) is 9.53 Å². The summed E-state index contributed by atoms with van der Waals surface area (Å²) in [5.74, 6) is -0.174. The second-order valence-electron chi connectivity index (χ2n) is 5.63. The van der Waals surface area contributed by atoms with Crippen LogP contribution in [0.25, 0.3) is 16.2 Å². The number of esters is 1. The quantitative estimate of drug-likeness (QED) is 0.357. The molecule has 1 N–H and O–H groups in total. The minimum Gasteiger partial charge on any atom is -0.465 e. The molecule has 0 spiro atoms. The summed E-state index contributed by atoms with van der Waals surface area (Å²) in [7, 11) is 0. The van der Waals surface area contributed by atoms with Crippen molar-refractivity contribution >= 4 is 44.4 Å². The van der Waals surface area contributed by atoms with Crippen molar-refractivity contribution in [1.82, 2.24) is 0 Å². The van der Waals surface area contributed by atoms with Gasteiger partial charge in [0.05, 0.1) is 12.9 Å². The van der Waals surface area contributed by atoms with E-state index in [1.807, 2.05) is 31.2 Å². The molecular weight excluding hydrogens is 350 g/mol. The van der Waals surface area contributed by atoms with Crippen molar-refractivity contribution in [3.63, 3.8) is 0 Å². The molecule has 0 radical (unpaired) electrons. The Morgan fingerprint density at radius 1 is 1.23 bits per heavy atom. The van der Waals surface area contributed by atoms with E-state index in [-0.39, 0.29) is 5.91 Å². The lowest BCUT2D eigenvalue weighted by molar-refractivity contribution is -0.111. The highest BCUT2D eigenvalue weighted by Crippen LogP contribution is 2.36. The molecular formula is C20H19NO4S. The molecule has 0 fully saturated rings. The standard InChI is InChI=1S/C20H19NO4S/c1-2-3-12-25-20(23)18-15-8-4-5-9-16(15)26-19(18)21-17(22)11-10-14-7-6-13-24-14/h4-11,13H,2-3,12H2,1H3,(H,21,22)/b11-10+. The van der Waals surface area contributed by atoms with Crippen molar-refractivity contribution in [3.05, 3.63) is 60.1 Å². The highest BCUT2D eigenvalue weighted by Gasteiger charge is 2.21. The van der Waals surface area contributed by atoms with Crippen molar-refractivity contribution in [1.29, 1.82) is 0 Å². The number of rotatable bonds is 7. The zero-order chi connectivity index (χ0) is 18.4. The van der Waals surface area contributed by atoms with E-state index in [9.17, 15) is 9.59 Å². The molecule has 2 heterocycles. The van der Waals surface area contributed by atoms with Crippen LogP contribution in [0.15, 0.2) is 53.2 Å². The summed E-state index contributed by atoms with van der Waals surface area (Å²) >= 11 is 1.35. The largest absolute Gasteiger partial charge is 0.465 e. The molecule has 0 saturated carbocycles. The fraction of sp³-hybridized carbons (Fsp3) is 0.200. The topological polar surface area (TPSA) is 68.5 Å². The van der Waals surface area contributed by atoms with Crippen LogP contribution < -0.4 is 5.32 Å². The zero-order valence-electron chi connectivity index (χ0n) is 14.4. The minimum absolute atomic E-state index is 0.337. The lowest BCUT2D eigenvalue weighted by atomic mass is 10.1. The fourth-order valence-electron chi connectivity index (χ4n) is 2.42. The second kappa shape index (κ2) is 8.49. The maximum Gasteiger partial charge on any atom is 0.341 e.